The van der Waals surface area contributed by atoms with E-state index in [4.69, 9.17) is 0 Å². The van der Waals surface area contributed by atoms with Crippen molar-refractivity contribution in [3.8, 4) is 5.88 Å². The van der Waals surface area contributed by atoms with Crippen LogP contribution in [0.25, 0.3) is 5.52 Å². The number of aromatic hydroxyl groups is 1. The number of nitrogens with one attached hydrogen (secondary N) is 1. The zero-order valence-corrected chi connectivity index (χ0v) is 8.23. The van der Waals surface area contributed by atoms with Crippen LogP contribution in [-0.2, 0) is 0 Å². The Bertz CT molecular complexity index is 448. The summed E-state index contributed by atoms with van der Waals surface area (Å²) >= 11 is 0. The van der Waals surface area contributed by atoms with Crippen LogP contribution in [0.3, 0.4) is 0 Å². The van der Waals surface area contributed by atoms with Gasteiger partial charge in [-0.15, -0.1) is 0 Å². The van der Waals surface area contributed by atoms with Crippen molar-refractivity contribution >= 4 is 11.5 Å². The number of hydrogen-bond donors (Lipinski definition) is 2. The van der Waals surface area contributed by atoms with Gasteiger partial charge in [-0.1, -0.05) is 6.07 Å². The summed E-state index contributed by atoms with van der Waals surface area (Å²) in [6.07, 6.45) is 1.87. The third-order valence-electron chi connectivity index (χ3n) is 1.95. The molecule has 0 amide bonds. The number of anilines is 1. The first-order valence-electron chi connectivity index (χ1n) is 4.61. The molecule has 2 aromatic heterocycles. The summed E-state index contributed by atoms with van der Waals surface area (Å²) in [6, 6.07) is 5.89. The van der Waals surface area contributed by atoms with Gasteiger partial charge < -0.3 is 10.4 Å². The molecule has 4 nitrogen and oxygen atoms in total. The van der Waals surface area contributed by atoms with Gasteiger partial charge >= 0.3 is 0 Å². The van der Waals surface area contributed by atoms with Crippen LogP contribution >= 0.6 is 0 Å². The summed E-state index contributed by atoms with van der Waals surface area (Å²) in [5.41, 5.74) is 0.718. The van der Waals surface area contributed by atoms with E-state index in [1.807, 2.05) is 42.6 Å². The normalized spacial score (nSPS) is 11.1. The van der Waals surface area contributed by atoms with Crippen molar-refractivity contribution in [2.45, 2.75) is 19.9 Å². The molecule has 14 heavy (non-hydrogen) atoms. The highest BCUT2D eigenvalue weighted by atomic mass is 16.3. The van der Waals surface area contributed by atoms with Crippen molar-refractivity contribution in [3.05, 3.63) is 24.4 Å². The molecule has 0 saturated carbocycles. The molecular formula is C10H13N3O. The molecule has 4 heteroatoms. The van der Waals surface area contributed by atoms with E-state index in [2.05, 4.69) is 10.3 Å². The van der Waals surface area contributed by atoms with E-state index in [0.717, 1.165) is 5.52 Å². The summed E-state index contributed by atoms with van der Waals surface area (Å²) in [7, 11) is 0. The lowest BCUT2D eigenvalue weighted by molar-refractivity contribution is 0.463. The second kappa shape index (κ2) is 3.21. The molecule has 0 saturated heterocycles. The molecule has 0 fully saturated rings. The molecule has 0 spiro atoms. The van der Waals surface area contributed by atoms with Crippen molar-refractivity contribution in [2.75, 3.05) is 5.32 Å². The van der Waals surface area contributed by atoms with E-state index in [9.17, 15) is 5.11 Å². The van der Waals surface area contributed by atoms with Crippen LogP contribution in [0.5, 0.6) is 5.88 Å². The number of fused-ring (bicyclic) bond motifs is 1. The highest BCUT2D eigenvalue weighted by molar-refractivity contribution is 5.61. The van der Waals surface area contributed by atoms with Gasteiger partial charge in [0.05, 0.1) is 0 Å². The van der Waals surface area contributed by atoms with E-state index in [1.54, 1.807) is 0 Å². The van der Waals surface area contributed by atoms with E-state index < -0.39 is 0 Å². The van der Waals surface area contributed by atoms with E-state index in [0.29, 0.717) is 12.0 Å². The fourth-order valence-corrected chi connectivity index (χ4v) is 1.38. The van der Waals surface area contributed by atoms with Crippen LogP contribution in [0.2, 0.25) is 0 Å². The molecule has 0 atom stereocenters. The molecule has 0 aliphatic rings. The molecule has 2 rings (SSSR count). The Kier molecular flexibility index (Phi) is 2.04. The van der Waals surface area contributed by atoms with Crippen LogP contribution in [0.1, 0.15) is 13.8 Å². The summed E-state index contributed by atoms with van der Waals surface area (Å²) in [5.74, 6) is 0.738. The number of hydrogen-bond acceptors (Lipinski definition) is 3. The lowest BCUT2D eigenvalue weighted by Gasteiger charge is -2.07. The van der Waals surface area contributed by atoms with Crippen molar-refractivity contribution in [3.63, 3.8) is 0 Å². The molecule has 0 aliphatic heterocycles. The Morgan fingerprint density at radius 3 is 2.93 bits per heavy atom. The van der Waals surface area contributed by atoms with Crippen LogP contribution in [0.4, 0.5) is 5.95 Å². The number of imidazole rings is 1. The standard InChI is InChI=1S/C10H13N3O/c1-7(2)11-10-12-9(14)8-5-3-4-6-13(8)10/h3-7,14H,1-2H3,(H,11,12). The maximum Gasteiger partial charge on any atom is 0.239 e. The van der Waals surface area contributed by atoms with E-state index in [1.165, 1.54) is 0 Å². The molecule has 0 bridgehead atoms. The lowest BCUT2D eigenvalue weighted by Crippen LogP contribution is -2.12. The third-order valence-corrected chi connectivity index (χ3v) is 1.95. The molecule has 0 aromatic carbocycles. The largest absolute Gasteiger partial charge is 0.492 e. The average Bonchev–Trinajstić information content (AvgIpc) is 2.44. The predicted octanol–water partition coefficient (Wildman–Crippen LogP) is 1.86. The fraction of sp³-hybridized carbons (Fsp3) is 0.300. The van der Waals surface area contributed by atoms with E-state index in [-0.39, 0.29) is 5.88 Å². The predicted molar refractivity (Wildman–Crippen MR) is 55.6 cm³/mol. The van der Waals surface area contributed by atoms with Crippen LogP contribution in [0, 0.1) is 0 Å². The Balaban J connectivity index is 2.55. The second-order valence-electron chi connectivity index (χ2n) is 3.51. The second-order valence-corrected chi connectivity index (χ2v) is 3.51. The Hall–Kier alpha value is -1.71. The topological polar surface area (TPSA) is 49.6 Å². The van der Waals surface area contributed by atoms with Gasteiger partial charge in [0.25, 0.3) is 0 Å². The minimum atomic E-state index is 0.0637. The Morgan fingerprint density at radius 1 is 1.43 bits per heavy atom. The number of rotatable bonds is 2. The zero-order valence-electron chi connectivity index (χ0n) is 8.23. The first kappa shape index (κ1) is 8.87. The molecule has 2 N–H and O–H groups in total. The highest BCUT2D eigenvalue weighted by Crippen LogP contribution is 2.21. The quantitative estimate of drug-likeness (QED) is 0.761. The average molecular weight is 191 g/mol. The molecule has 74 valence electrons. The van der Waals surface area contributed by atoms with Gasteiger partial charge in [0.2, 0.25) is 11.8 Å². The fourth-order valence-electron chi connectivity index (χ4n) is 1.38. The Labute approximate surface area is 82.2 Å². The van der Waals surface area contributed by atoms with Crippen molar-refractivity contribution in [1.82, 2.24) is 9.38 Å². The molecule has 2 heterocycles. The van der Waals surface area contributed by atoms with E-state index >= 15 is 0 Å². The first-order chi connectivity index (χ1) is 6.68. The number of nitrogens with zero attached hydrogens (tertiary/aromatic N) is 2. The van der Waals surface area contributed by atoms with Crippen LogP contribution < -0.4 is 5.32 Å². The van der Waals surface area contributed by atoms with Gasteiger partial charge in [-0.3, -0.25) is 4.40 Å². The summed E-state index contributed by atoms with van der Waals surface area (Å²) < 4.78 is 1.83. The molecule has 0 unspecified atom stereocenters. The SMILES string of the molecule is CC(C)Nc1nc(O)c2ccccn12. The van der Waals surface area contributed by atoms with Gasteiger partial charge in [-0.2, -0.15) is 4.98 Å². The molecular weight excluding hydrogens is 178 g/mol. The van der Waals surface area contributed by atoms with Gasteiger partial charge in [-0.25, -0.2) is 0 Å². The number of pyridine rings is 1. The number of aromatic nitrogens is 2. The Morgan fingerprint density at radius 2 is 2.21 bits per heavy atom. The van der Waals surface area contributed by atoms with Crippen molar-refractivity contribution in [1.29, 1.82) is 0 Å². The summed E-state index contributed by atoms with van der Waals surface area (Å²) in [6.45, 7) is 4.06. The maximum atomic E-state index is 9.53. The van der Waals surface area contributed by atoms with Crippen molar-refractivity contribution in [2.24, 2.45) is 0 Å². The smallest absolute Gasteiger partial charge is 0.239 e. The minimum absolute atomic E-state index is 0.0637. The zero-order chi connectivity index (χ0) is 10.1. The van der Waals surface area contributed by atoms with Gasteiger partial charge in [0.15, 0.2) is 0 Å². The summed E-state index contributed by atoms with van der Waals surface area (Å²) in [4.78, 5) is 4.04. The monoisotopic (exact) mass is 191 g/mol. The summed E-state index contributed by atoms with van der Waals surface area (Å²) in [5, 5.41) is 12.7. The highest BCUT2D eigenvalue weighted by Gasteiger charge is 2.08. The molecule has 0 radical (unpaired) electrons. The minimum Gasteiger partial charge on any atom is -0.492 e. The lowest BCUT2D eigenvalue weighted by atomic mass is 10.4. The molecule has 2 aromatic rings. The third kappa shape index (κ3) is 1.39. The van der Waals surface area contributed by atoms with Gasteiger partial charge in [0.1, 0.15) is 5.52 Å². The van der Waals surface area contributed by atoms with Gasteiger partial charge in [0, 0.05) is 12.2 Å². The van der Waals surface area contributed by atoms with Crippen molar-refractivity contribution < 1.29 is 5.11 Å². The van der Waals surface area contributed by atoms with Crippen LogP contribution in [-0.4, -0.2) is 20.5 Å². The maximum absolute atomic E-state index is 9.53. The van der Waals surface area contributed by atoms with Gasteiger partial charge in [-0.05, 0) is 26.0 Å². The van der Waals surface area contributed by atoms with Crippen LogP contribution in [0.15, 0.2) is 24.4 Å². The molecule has 0 aliphatic carbocycles. The first-order valence-corrected chi connectivity index (χ1v) is 4.61.